The molecule has 5 heteroatoms. The third-order valence-electron chi connectivity index (χ3n) is 4.19. The molecule has 2 heterocycles. The molecule has 1 unspecified atom stereocenters. The third-order valence-corrected chi connectivity index (χ3v) is 4.19. The second-order valence-corrected chi connectivity index (χ2v) is 5.59. The van der Waals surface area contributed by atoms with E-state index < -0.39 is 0 Å². The van der Waals surface area contributed by atoms with Crippen molar-refractivity contribution in [1.82, 2.24) is 10.1 Å². The minimum atomic E-state index is -0.0714. The van der Waals surface area contributed by atoms with Gasteiger partial charge in [-0.25, -0.2) is 0 Å². The minimum absolute atomic E-state index is 0.0714. The summed E-state index contributed by atoms with van der Waals surface area (Å²) >= 11 is 0. The molecule has 1 atom stereocenters. The smallest absolute Gasteiger partial charge is 0.292 e. The van der Waals surface area contributed by atoms with Crippen LogP contribution in [0.2, 0.25) is 0 Å². The summed E-state index contributed by atoms with van der Waals surface area (Å²) < 4.78 is 10.2. The van der Waals surface area contributed by atoms with Crippen molar-refractivity contribution >= 4 is 5.91 Å². The molecule has 1 fully saturated rings. The molecule has 0 saturated carbocycles. The zero-order valence-corrected chi connectivity index (χ0v) is 12.7. The molecular weight excluding hydrogens is 280 g/mol. The van der Waals surface area contributed by atoms with Crippen LogP contribution >= 0.6 is 0 Å². The van der Waals surface area contributed by atoms with Gasteiger partial charge in [0.15, 0.2) is 0 Å². The van der Waals surface area contributed by atoms with Crippen molar-refractivity contribution in [2.24, 2.45) is 0 Å². The van der Waals surface area contributed by atoms with Crippen LogP contribution in [0.1, 0.15) is 41.3 Å². The van der Waals surface area contributed by atoms with Crippen molar-refractivity contribution in [3.05, 3.63) is 47.9 Å². The van der Waals surface area contributed by atoms with E-state index in [0.717, 1.165) is 31.6 Å². The summed E-state index contributed by atoms with van der Waals surface area (Å²) in [4.78, 5) is 14.3. The Kier molecular flexibility index (Phi) is 4.42. The normalized spacial score (nSPS) is 18.8. The number of carbonyl (C=O) groups excluding carboxylic acids is 1. The van der Waals surface area contributed by atoms with Gasteiger partial charge in [-0.15, -0.1) is 0 Å². The number of nitrogens with zero attached hydrogens (tertiary/aromatic N) is 2. The molecule has 0 spiro atoms. The lowest BCUT2D eigenvalue weighted by atomic mass is 9.94. The molecule has 1 amide bonds. The maximum absolute atomic E-state index is 12.5. The number of benzene rings is 1. The molecule has 1 aliphatic heterocycles. The standard InChI is InChI=1S/C17H20N2O3/c1-21-15-7-5-13(6-8-15)14-4-2-3-11-19(12-14)17(20)16-9-10-18-22-16/h5-10,14H,2-4,11-12H2,1H3. The molecule has 3 rings (SSSR count). The molecule has 5 nitrogen and oxygen atoms in total. The highest BCUT2D eigenvalue weighted by Gasteiger charge is 2.25. The first kappa shape index (κ1) is 14.6. The Bertz CT molecular complexity index is 607. The van der Waals surface area contributed by atoms with Crippen LogP contribution in [0.3, 0.4) is 0 Å². The molecule has 1 aliphatic rings. The largest absolute Gasteiger partial charge is 0.497 e. The molecule has 1 saturated heterocycles. The molecule has 2 aromatic rings. The van der Waals surface area contributed by atoms with Crippen molar-refractivity contribution < 1.29 is 14.1 Å². The Labute approximate surface area is 129 Å². The molecule has 1 aromatic carbocycles. The fourth-order valence-electron chi connectivity index (χ4n) is 2.96. The number of amides is 1. The van der Waals surface area contributed by atoms with Crippen molar-refractivity contribution in [3.8, 4) is 5.75 Å². The average molecular weight is 300 g/mol. The number of methoxy groups -OCH3 is 1. The van der Waals surface area contributed by atoms with Gasteiger partial charge in [-0.2, -0.15) is 0 Å². The topological polar surface area (TPSA) is 55.6 Å². The summed E-state index contributed by atoms with van der Waals surface area (Å²) in [5.74, 6) is 1.44. The number of hydrogen-bond donors (Lipinski definition) is 0. The maximum Gasteiger partial charge on any atom is 0.292 e. The SMILES string of the molecule is COc1ccc(C2CCCCN(C(=O)c3ccno3)C2)cc1. The highest BCUT2D eigenvalue weighted by atomic mass is 16.5. The predicted molar refractivity (Wildman–Crippen MR) is 82.0 cm³/mol. The molecule has 0 aliphatic carbocycles. The lowest BCUT2D eigenvalue weighted by molar-refractivity contribution is 0.0712. The number of carbonyl (C=O) groups is 1. The molecule has 0 bridgehead atoms. The van der Waals surface area contributed by atoms with Gasteiger partial charge in [0.05, 0.1) is 13.3 Å². The first-order chi connectivity index (χ1) is 10.8. The van der Waals surface area contributed by atoms with Crippen LogP contribution in [-0.2, 0) is 0 Å². The summed E-state index contributed by atoms with van der Waals surface area (Å²) in [6, 6.07) is 9.75. The molecule has 0 N–H and O–H groups in total. The Morgan fingerprint density at radius 3 is 2.77 bits per heavy atom. The number of ether oxygens (including phenoxy) is 1. The van der Waals surface area contributed by atoms with Crippen LogP contribution in [0.5, 0.6) is 5.75 Å². The Hall–Kier alpha value is -2.30. The van der Waals surface area contributed by atoms with Gasteiger partial charge in [0.2, 0.25) is 5.76 Å². The van der Waals surface area contributed by atoms with Gasteiger partial charge in [-0.1, -0.05) is 23.7 Å². The lowest BCUT2D eigenvalue weighted by Crippen LogP contribution is -2.33. The monoisotopic (exact) mass is 300 g/mol. The van der Waals surface area contributed by atoms with Crippen molar-refractivity contribution in [2.45, 2.75) is 25.2 Å². The van der Waals surface area contributed by atoms with E-state index in [1.165, 1.54) is 11.8 Å². The summed E-state index contributed by atoms with van der Waals surface area (Å²) in [6.07, 6.45) is 4.74. The quantitative estimate of drug-likeness (QED) is 0.874. The highest BCUT2D eigenvalue weighted by Crippen LogP contribution is 2.28. The Morgan fingerprint density at radius 2 is 2.09 bits per heavy atom. The average Bonchev–Trinajstić information content (AvgIpc) is 2.99. The molecule has 0 radical (unpaired) electrons. The third kappa shape index (κ3) is 3.13. The second-order valence-electron chi connectivity index (χ2n) is 5.59. The highest BCUT2D eigenvalue weighted by molar-refractivity contribution is 5.91. The number of likely N-dealkylation sites (tertiary alicyclic amines) is 1. The predicted octanol–water partition coefficient (Wildman–Crippen LogP) is 3.09. The fraction of sp³-hybridized carbons (Fsp3) is 0.412. The number of rotatable bonds is 3. The van der Waals surface area contributed by atoms with E-state index in [1.54, 1.807) is 13.2 Å². The van der Waals surface area contributed by atoms with Crippen LogP contribution in [0.25, 0.3) is 0 Å². The van der Waals surface area contributed by atoms with Crippen LogP contribution in [0.4, 0.5) is 0 Å². The van der Waals surface area contributed by atoms with Crippen LogP contribution in [0.15, 0.2) is 41.1 Å². The van der Waals surface area contributed by atoms with E-state index in [0.29, 0.717) is 18.2 Å². The lowest BCUT2D eigenvalue weighted by Gasteiger charge is -2.24. The van der Waals surface area contributed by atoms with Gasteiger partial charge < -0.3 is 14.2 Å². The van der Waals surface area contributed by atoms with Crippen LogP contribution < -0.4 is 4.74 Å². The van der Waals surface area contributed by atoms with Gasteiger partial charge >= 0.3 is 0 Å². The van der Waals surface area contributed by atoms with Crippen molar-refractivity contribution in [1.29, 1.82) is 0 Å². The zero-order chi connectivity index (χ0) is 15.4. The summed E-state index contributed by atoms with van der Waals surface area (Å²) in [5.41, 5.74) is 1.25. The number of aromatic nitrogens is 1. The minimum Gasteiger partial charge on any atom is -0.497 e. The second kappa shape index (κ2) is 6.64. The van der Waals surface area contributed by atoms with Crippen molar-refractivity contribution in [3.63, 3.8) is 0 Å². The summed E-state index contributed by atoms with van der Waals surface area (Å²) in [5, 5.41) is 3.62. The van der Waals surface area contributed by atoms with E-state index in [4.69, 9.17) is 9.26 Å². The molecule has 22 heavy (non-hydrogen) atoms. The Morgan fingerprint density at radius 1 is 1.27 bits per heavy atom. The van der Waals surface area contributed by atoms with Gasteiger partial charge in [0.25, 0.3) is 5.91 Å². The Balaban J connectivity index is 1.75. The van der Waals surface area contributed by atoms with E-state index in [9.17, 15) is 4.79 Å². The van der Waals surface area contributed by atoms with Crippen molar-refractivity contribution in [2.75, 3.05) is 20.2 Å². The summed E-state index contributed by atoms with van der Waals surface area (Å²) in [7, 11) is 1.67. The van der Waals surface area contributed by atoms with Gasteiger partial charge in [-0.05, 0) is 30.5 Å². The summed E-state index contributed by atoms with van der Waals surface area (Å²) in [6.45, 7) is 1.48. The molecular formula is C17H20N2O3. The van der Waals surface area contributed by atoms with Gasteiger partial charge in [0.1, 0.15) is 5.75 Å². The van der Waals surface area contributed by atoms with E-state index in [2.05, 4.69) is 17.3 Å². The first-order valence-electron chi connectivity index (χ1n) is 7.62. The van der Waals surface area contributed by atoms with Crippen LogP contribution in [-0.4, -0.2) is 36.2 Å². The zero-order valence-electron chi connectivity index (χ0n) is 12.7. The van der Waals surface area contributed by atoms with Gasteiger partial charge in [-0.3, -0.25) is 4.79 Å². The van der Waals surface area contributed by atoms with E-state index in [-0.39, 0.29) is 5.91 Å². The van der Waals surface area contributed by atoms with E-state index in [1.807, 2.05) is 17.0 Å². The molecule has 116 valence electrons. The molecule has 1 aromatic heterocycles. The number of hydrogen-bond acceptors (Lipinski definition) is 4. The van der Waals surface area contributed by atoms with Crippen LogP contribution in [0, 0.1) is 0 Å². The maximum atomic E-state index is 12.5. The fourth-order valence-corrected chi connectivity index (χ4v) is 2.96. The van der Waals surface area contributed by atoms with E-state index >= 15 is 0 Å². The van der Waals surface area contributed by atoms with Gasteiger partial charge in [0, 0.05) is 25.1 Å². The first-order valence-corrected chi connectivity index (χ1v) is 7.62.